The molecule has 3 N–H and O–H groups in total. The lowest BCUT2D eigenvalue weighted by Crippen LogP contribution is -2.27. The van der Waals surface area contributed by atoms with Gasteiger partial charge in [0.25, 0.3) is 0 Å². The van der Waals surface area contributed by atoms with Crippen molar-refractivity contribution in [1.82, 2.24) is 20.2 Å². The van der Waals surface area contributed by atoms with Crippen LogP contribution in [0.15, 0.2) is 48.7 Å². The van der Waals surface area contributed by atoms with Crippen molar-refractivity contribution in [3.63, 3.8) is 0 Å². The first-order chi connectivity index (χ1) is 14.0. The molecule has 0 radical (unpaired) electrons. The van der Waals surface area contributed by atoms with Crippen LogP contribution >= 0.6 is 11.6 Å². The number of benzene rings is 2. The molecule has 2 heterocycles. The predicted octanol–water partition coefficient (Wildman–Crippen LogP) is 4.30. The summed E-state index contributed by atoms with van der Waals surface area (Å²) < 4.78 is 0. The molecule has 7 nitrogen and oxygen atoms in total. The van der Waals surface area contributed by atoms with Crippen molar-refractivity contribution in [2.45, 2.75) is 13.3 Å². The number of carbonyl (C=O) groups excluding carboxylic acids is 1. The van der Waals surface area contributed by atoms with Gasteiger partial charge in [-0.3, -0.25) is 14.8 Å². The van der Waals surface area contributed by atoms with Gasteiger partial charge in [-0.1, -0.05) is 48.9 Å². The van der Waals surface area contributed by atoms with E-state index in [4.69, 9.17) is 22.3 Å². The molecule has 146 valence electrons. The van der Waals surface area contributed by atoms with Crippen LogP contribution in [0.1, 0.15) is 13.3 Å². The van der Waals surface area contributed by atoms with Crippen LogP contribution < -0.4 is 10.6 Å². The molecule has 29 heavy (non-hydrogen) atoms. The number of carbonyl (C=O) groups is 1. The van der Waals surface area contributed by atoms with E-state index in [1.54, 1.807) is 26.2 Å². The molecular formula is C21H19ClN6O. The highest BCUT2D eigenvalue weighted by molar-refractivity contribution is 6.35. The van der Waals surface area contributed by atoms with Crippen LogP contribution in [0.3, 0.4) is 0 Å². The minimum Gasteiger partial charge on any atom is -0.381 e. The summed E-state index contributed by atoms with van der Waals surface area (Å²) in [6.07, 6.45) is 2.03. The van der Waals surface area contributed by atoms with E-state index >= 15 is 0 Å². The van der Waals surface area contributed by atoms with Crippen molar-refractivity contribution in [1.29, 1.82) is 0 Å². The fraction of sp³-hybridized carbons (Fsp3) is 0.143. The maximum atomic E-state index is 12.2. The molecule has 2 aromatic heterocycles. The summed E-state index contributed by atoms with van der Waals surface area (Å²) in [5, 5.41) is 8.31. The second-order valence-corrected chi connectivity index (χ2v) is 7.00. The average molecular weight is 407 g/mol. The Hall–Kier alpha value is -3.45. The molecule has 4 rings (SSSR count). The molecular weight excluding hydrogens is 388 g/mol. The quantitative estimate of drug-likeness (QED) is 0.526. The van der Waals surface area contributed by atoms with Crippen LogP contribution in [0.4, 0.5) is 11.6 Å². The lowest BCUT2D eigenvalue weighted by molar-refractivity contribution is -0.118. The smallest absolute Gasteiger partial charge is 0.227 e. The second-order valence-electron chi connectivity index (χ2n) is 6.59. The van der Waals surface area contributed by atoms with Gasteiger partial charge in [0, 0.05) is 30.0 Å². The Bertz CT molecular complexity index is 1200. The highest BCUT2D eigenvalue weighted by Gasteiger charge is 2.21. The average Bonchev–Trinajstić information content (AvgIpc) is 3.22. The zero-order valence-corrected chi connectivity index (χ0v) is 16.7. The number of hydrogen-bond donors (Lipinski definition) is 2. The number of amides is 1. The van der Waals surface area contributed by atoms with E-state index in [0.29, 0.717) is 28.6 Å². The minimum atomic E-state index is -0.104. The normalized spacial score (nSPS) is 11.0. The Balaban J connectivity index is 1.99. The summed E-state index contributed by atoms with van der Waals surface area (Å²) >= 11 is 6.45. The molecule has 0 saturated heterocycles. The van der Waals surface area contributed by atoms with Gasteiger partial charge in [-0.05, 0) is 12.1 Å². The predicted molar refractivity (Wildman–Crippen MR) is 116 cm³/mol. The number of anilines is 2. The fourth-order valence-electron chi connectivity index (χ4n) is 3.19. The van der Waals surface area contributed by atoms with Gasteiger partial charge >= 0.3 is 0 Å². The molecule has 0 saturated carbocycles. The van der Waals surface area contributed by atoms with Crippen molar-refractivity contribution in [3.05, 3.63) is 53.7 Å². The van der Waals surface area contributed by atoms with Crippen LogP contribution in [0.25, 0.3) is 33.4 Å². The molecule has 0 spiro atoms. The molecule has 1 amide bonds. The third kappa shape index (κ3) is 3.40. The molecule has 0 atom stereocenters. The third-order valence-electron chi connectivity index (χ3n) is 4.72. The summed E-state index contributed by atoms with van der Waals surface area (Å²) in [7, 11) is 1.64. The Morgan fingerprint density at radius 2 is 1.86 bits per heavy atom. The summed E-state index contributed by atoms with van der Waals surface area (Å²) in [5.74, 6) is 0.398. The number of nitrogens with one attached hydrogen (secondary N) is 1. The Morgan fingerprint density at radius 3 is 2.59 bits per heavy atom. The molecule has 0 fully saturated rings. The maximum Gasteiger partial charge on any atom is 0.227 e. The zero-order valence-electron chi connectivity index (χ0n) is 16.0. The number of rotatable bonds is 4. The summed E-state index contributed by atoms with van der Waals surface area (Å²) in [4.78, 5) is 23.0. The third-order valence-corrected chi connectivity index (χ3v) is 5.02. The van der Waals surface area contributed by atoms with Gasteiger partial charge in [0.05, 0.1) is 28.1 Å². The van der Waals surface area contributed by atoms with Crippen LogP contribution in [0.5, 0.6) is 0 Å². The van der Waals surface area contributed by atoms with Gasteiger partial charge in [0.15, 0.2) is 11.6 Å². The first-order valence-electron chi connectivity index (χ1n) is 9.12. The lowest BCUT2D eigenvalue weighted by atomic mass is 10.0. The largest absolute Gasteiger partial charge is 0.381 e. The van der Waals surface area contributed by atoms with E-state index in [1.165, 1.54) is 4.90 Å². The van der Waals surface area contributed by atoms with Crippen LogP contribution in [-0.2, 0) is 4.79 Å². The van der Waals surface area contributed by atoms with Gasteiger partial charge in [0.2, 0.25) is 5.91 Å². The lowest BCUT2D eigenvalue weighted by Gasteiger charge is -2.20. The summed E-state index contributed by atoms with van der Waals surface area (Å²) in [6, 6.07) is 13.4. The molecule has 2 aromatic carbocycles. The van der Waals surface area contributed by atoms with E-state index in [9.17, 15) is 4.79 Å². The molecule has 0 aliphatic rings. The van der Waals surface area contributed by atoms with Gasteiger partial charge in [-0.25, -0.2) is 9.97 Å². The van der Waals surface area contributed by atoms with E-state index in [1.807, 2.05) is 36.4 Å². The number of fused-ring (bicyclic) bond motifs is 1. The van der Waals surface area contributed by atoms with Gasteiger partial charge in [-0.2, -0.15) is 5.10 Å². The number of H-pyrrole nitrogens is 1. The number of halogens is 1. The number of hydrogen-bond acceptors (Lipinski definition) is 5. The molecule has 4 aromatic rings. The number of nitrogens with two attached hydrogens (primary N) is 1. The molecule has 0 aliphatic heterocycles. The highest BCUT2D eigenvalue weighted by Crippen LogP contribution is 2.36. The minimum absolute atomic E-state index is 0.104. The van der Waals surface area contributed by atoms with E-state index in [2.05, 4.69) is 15.2 Å². The topological polar surface area (TPSA) is 101 Å². The zero-order chi connectivity index (χ0) is 20.5. The maximum absolute atomic E-state index is 12.2. The second kappa shape index (κ2) is 7.52. The summed E-state index contributed by atoms with van der Waals surface area (Å²) in [5.41, 5.74) is 9.76. The number of nitrogen functional groups attached to an aromatic ring is 1. The van der Waals surface area contributed by atoms with E-state index in [-0.39, 0.29) is 11.7 Å². The van der Waals surface area contributed by atoms with E-state index in [0.717, 1.165) is 22.0 Å². The molecule has 0 aliphatic carbocycles. The van der Waals surface area contributed by atoms with Gasteiger partial charge < -0.3 is 5.73 Å². The SMILES string of the molecule is CCC(=O)N(C)c1nc(-c2cc(Cl)c3[nH]ncc3c2)c(-c2ccccc2)nc1N. The first-order valence-corrected chi connectivity index (χ1v) is 9.50. The van der Waals surface area contributed by atoms with E-state index < -0.39 is 0 Å². The molecule has 0 bridgehead atoms. The van der Waals surface area contributed by atoms with Gasteiger partial charge in [-0.15, -0.1) is 0 Å². The molecule has 8 heteroatoms. The van der Waals surface area contributed by atoms with Crippen LogP contribution in [0, 0.1) is 0 Å². The van der Waals surface area contributed by atoms with Crippen molar-refractivity contribution in [2.75, 3.05) is 17.7 Å². The van der Waals surface area contributed by atoms with Crippen LogP contribution in [0.2, 0.25) is 5.02 Å². The summed E-state index contributed by atoms with van der Waals surface area (Å²) in [6.45, 7) is 1.79. The monoisotopic (exact) mass is 406 g/mol. The number of nitrogens with zero attached hydrogens (tertiary/aromatic N) is 4. The van der Waals surface area contributed by atoms with Gasteiger partial charge in [0.1, 0.15) is 0 Å². The van der Waals surface area contributed by atoms with Crippen molar-refractivity contribution >= 4 is 40.0 Å². The van der Waals surface area contributed by atoms with Crippen molar-refractivity contribution < 1.29 is 4.79 Å². The first kappa shape index (κ1) is 18.9. The standard InChI is InChI=1S/C21H19ClN6O/c1-3-16(29)28(2)21-20(23)25-18(12-7-5-4-6-8-12)19(26-21)13-9-14-11-24-27-17(14)15(22)10-13/h4-11H,3H2,1-2H3,(H2,23,25)(H,24,27). The Labute approximate surface area is 172 Å². The van der Waals surface area contributed by atoms with Crippen LogP contribution in [-0.4, -0.2) is 33.1 Å². The number of aromatic amines is 1. The highest BCUT2D eigenvalue weighted by atomic mass is 35.5. The van der Waals surface area contributed by atoms with Crippen molar-refractivity contribution in [2.24, 2.45) is 0 Å². The molecule has 0 unspecified atom stereocenters. The fourth-order valence-corrected chi connectivity index (χ4v) is 3.46. The Kier molecular flexibility index (Phi) is 4.90. The van der Waals surface area contributed by atoms with Crippen molar-refractivity contribution in [3.8, 4) is 22.5 Å². The Morgan fingerprint density at radius 1 is 1.14 bits per heavy atom. The number of aromatic nitrogens is 4.